The Morgan fingerprint density at radius 3 is 2.78 bits per heavy atom. The number of nitrogens with one attached hydrogen (secondary N) is 2. The van der Waals surface area contributed by atoms with Gasteiger partial charge in [-0.3, -0.25) is 4.79 Å². The minimum atomic E-state index is -0.840. The zero-order valence-electron chi connectivity index (χ0n) is 10.8. The van der Waals surface area contributed by atoms with E-state index in [4.69, 9.17) is 9.84 Å². The Morgan fingerprint density at radius 2 is 2.17 bits per heavy atom. The Bertz CT molecular complexity index is 277. The normalized spacial score (nSPS) is 21.1. The zero-order chi connectivity index (χ0) is 13.4. The fourth-order valence-electron chi connectivity index (χ4n) is 1.76. The standard InChI is InChI=1S/C12H22N2O4/c1-9(11(15)16)5-6-13-12(17)14-8-10-4-2-3-7-18-10/h9-10H,2-8H2,1H3,(H,15,16)(H2,13,14,17). The molecule has 1 aliphatic rings. The van der Waals surface area contributed by atoms with Gasteiger partial charge < -0.3 is 20.5 Å². The van der Waals surface area contributed by atoms with Gasteiger partial charge in [0.1, 0.15) is 0 Å². The van der Waals surface area contributed by atoms with E-state index in [2.05, 4.69) is 10.6 Å². The van der Waals surface area contributed by atoms with E-state index in [0.29, 0.717) is 19.5 Å². The maximum absolute atomic E-state index is 11.4. The number of hydrogen-bond donors (Lipinski definition) is 3. The lowest BCUT2D eigenvalue weighted by Gasteiger charge is -2.22. The molecule has 0 saturated carbocycles. The van der Waals surface area contributed by atoms with E-state index in [9.17, 15) is 9.59 Å². The number of amides is 2. The summed E-state index contributed by atoms with van der Waals surface area (Å²) >= 11 is 0. The Hall–Kier alpha value is -1.30. The van der Waals surface area contributed by atoms with Crippen molar-refractivity contribution in [2.45, 2.75) is 38.7 Å². The van der Waals surface area contributed by atoms with Crippen molar-refractivity contribution in [2.75, 3.05) is 19.7 Å². The summed E-state index contributed by atoms with van der Waals surface area (Å²) in [6, 6.07) is -0.262. The van der Waals surface area contributed by atoms with Crippen LogP contribution in [-0.2, 0) is 9.53 Å². The van der Waals surface area contributed by atoms with Crippen molar-refractivity contribution in [1.29, 1.82) is 0 Å². The molecule has 2 atom stereocenters. The molecule has 6 heteroatoms. The van der Waals surface area contributed by atoms with Crippen LogP contribution in [0.2, 0.25) is 0 Å². The second-order valence-corrected chi connectivity index (χ2v) is 4.65. The second kappa shape index (κ2) is 7.92. The van der Waals surface area contributed by atoms with Crippen molar-refractivity contribution in [3.8, 4) is 0 Å². The Morgan fingerprint density at radius 1 is 1.39 bits per heavy atom. The first-order valence-corrected chi connectivity index (χ1v) is 6.45. The van der Waals surface area contributed by atoms with Crippen LogP contribution >= 0.6 is 0 Å². The average Bonchev–Trinajstić information content (AvgIpc) is 2.37. The lowest BCUT2D eigenvalue weighted by Crippen LogP contribution is -2.42. The van der Waals surface area contributed by atoms with Crippen LogP contribution in [0.25, 0.3) is 0 Å². The molecule has 0 aliphatic carbocycles. The first kappa shape index (κ1) is 14.8. The lowest BCUT2D eigenvalue weighted by atomic mass is 10.1. The number of carboxylic acid groups (broad SMARTS) is 1. The molecule has 0 spiro atoms. The summed E-state index contributed by atoms with van der Waals surface area (Å²) in [7, 11) is 0. The maximum atomic E-state index is 11.4. The molecule has 1 rings (SSSR count). The highest BCUT2D eigenvalue weighted by molar-refractivity contribution is 5.74. The van der Waals surface area contributed by atoms with Gasteiger partial charge >= 0.3 is 12.0 Å². The first-order valence-electron chi connectivity index (χ1n) is 6.45. The van der Waals surface area contributed by atoms with E-state index >= 15 is 0 Å². The van der Waals surface area contributed by atoms with Crippen molar-refractivity contribution in [1.82, 2.24) is 10.6 Å². The van der Waals surface area contributed by atoms with Crippen LogP contribution in [0.5, 0.6) is 0 Å². The summed E-state index contributed by atoms with van der Waals surface area (Å²) in [5, 5.41) is 14.0. The highest BCUT2D eigenvalue weighted by Gasteiger charge is 2.15. The highest BCUT2D eigenvalue weighted by atomic mass is 16.5. The summed E-state index contributed by atoms with van der Waals surface area (Å²) in [5.41, 5.74) is 0. The molecule has 1 aliphatic heterocycles. The summed E-state index contributed by atoms with van der Waals surface area (Å²) in [6.07, 6.45) is 3.77. The largest absolute Gasteiger partial charge is 0.481 e. The van der Waals surface area contributed by atoms with Gasteiger partial charge in [-0.2, -0.15) is 0 Å². The van der Waals surface area contributed by atoms with Gasteiger partial charge in [0.15, 0.2) is 0 Å². The highest BCUT2D eigenvalue weighted by Crippen LogP contribution is 2.11. The number of rotatable bonds is 6. The van der Waals surface area contributed by atoms with Crippen LogP contribution < -0.4 is 10.6 Å². The van der Waals surface area contributed by atoms with Crippen LogP contribution in [-0.4, -0.2) is 42.9 Å². The SMILES string of the molecule is CC(CCNC(=O)NCC1CCCCO1)C(=O)O. The Kier molecular flexibility index (Phi) is 6.49. The van der Waals surface area contributed by atoms with Gasteiger partial charge in [0.05, 0.1) is 12.0 Å². The van der Waals surface area contributed by atoms with Gasteiger partial charge in [0.25, 0.3) is 0 Å². The fraction of sp³-hybridized carbons (Fsp3) is 0.833. The van der Waals surface area contributed by atoms with Crippen molar-refractivity contribution in [2.24, 2.45) is 5.92 Å². The average molecular weight is 258 g/mol. The van der Waals surface area contributed by atoms with Crippen molar-refractivity contribution >= 4 is 12.0 Å². The van der Waals surface area contributed by atoms with E-state index in [-0.39, 0.29) is 12.1 Å². The van der Waals surface area contributed by atoms with E-state index in [0.717, 1.165) is 25.9 Å². The Balaban J connectivity index is 2.04. The molecular weight excluding hydrogens is 236 g/mol. The number of ether oxygens (including phenoxy) is 1. The Labute approximate surface area is 107 Å². The molecule has 1 fully saturated rings. The molecule has 0 aromatic rings. The lowest BCUT2D eigenvalue weighted by molar-refractivity contribution is -0.141. The summed E-state index contributed by atoms with van der Waals surface area (Å²) in [4.78, 5) is 22.0. The summed E-state index contributed by atoms with van der Waals surface area (Å²) in [5.74, 6) is -1.28. The van der Waals surface area contributed by atoms with E-state index < -0.39 is 11.9 Å². The number of hydrogen-bond acceptors (Lipinski definition) is 3. The molecule has 1 heterocycles. The van der Waals surface area contributed by atoms with Gasteiger partial charge in [0.2, 0.25) is 0 Å². The third-order valence-electron chi connectivity index (χ3n) is 3.05. The number of urea groups is 1. The van der Waals surface area contributed by atoms with Gasteiger partial charge in [-0.15, -0.1) is 0 Å². The third kappa shape index (κ3) is 5.86. The molecule has 3 N–H and O–H groups in total. The van der Waals surface area contributed by atoms with Gasteiger partial charge in [0, 0.05) is 19.7 Å². The number of carbonyl (C=O) groups is 2. The minimum absolute atomic E-state index is 0.113. The fourth-order valence-corrected chi connectivity index (χ4v) is 1.76. The molecule has 18 heavy (non-hydrogen) atoms. The van der Waals surface area contributed by atoms with Crippen molar-refractivity contribution in [3.05, 3.63) is 0 Å². The van der Waals surface area contributed by atoms with Crippen molar-refractivity contribution in [3.63, 3.8) is 0 Å². The van der Waals surface area contributed by atoms with Crippen LogP contribution in [0.15, 0.2) is 0 Å². The number of carbonyl (C=O) groups excluding carboxylic acids is 1. The minimum Gasteiger partial charge on any atom is -0.481 e. The maximum Gasteiger partial charge on any atom is 0.314 e. The monoisotopic (exact) mass is 258 g/mol. The van der Waals surface area contributed by atoms with E-state index in [1.54, 1.807) is 6.92 Å². The number of aliphatic carboxylic acids is 1. The van der Waals surface area contributed by atoms with Crippen LogP contribution in [0, 0.1) is 5.92 Å². The second-order valence-electron chi connectivity index (χ2n) is 4.65. The first-order chi connectivity index (χ1) is 8.59. The number of carboxylic acids is 1. The van der Waals surface area contributed by atoms with Gasteiger partial charge in [-0.25, -0.2) is 4.79 Å². The summed E-state index contributed by atoms with van der Waals surface area (Å²) < 4.78 is 5.48. The van der Waals surface area contributed by atoms with Crippen LogP contribution in [0.1, 0.15) is 32.6 Å². The van der Waals surface area contributed by atoms with Crippen LogP contribution in [0.4, 0.5) is 4.79 Å². The van der Waals surface area contributed by atoms with Crippen LogP contribution in [0.3, 0.4) is 0 Å². The third-order valence-corrected chi connectivity index (χ3v) is 3.05. The predicted octanol–water partition coefficient (Wildman–Crippen LogP) is 0.965. The topological polar surface area (TPSA) is 87.7 Å². The molecule has 0 aromatic carbocycles. The smallest absolute Gasteiger partial charge is 0.314 e. The molecule has 2 unspecified atom stereocenters. The molecule has 1 saturated heterocycles. The summed E-state index contributed by atoms with van der Waals surface area (Å²) in [6.45, 7) is 3.27. The molecule has 2 amide bonds. The zero-order valence-corrected chi connectivity index (χ0v) is 10.8. The predicted molar refractivity (Wildman–Crippen MR) is 66.4 cm³/mol. The molecule has 104 valence electrons. The molecular formula is C12H22N2O4. The molecule has 0 bridgehead atoms. The van der Waals surface area contributed by atoms with Gasteiger partial charge in [-0.05, 0) is 25.7 Å². The molecule has 0 aromatic heterocycles. The van der Waals surface area contributed by atoms with Gasteiger partial charge in [-0.1, -0.05) is 6.92 Å². The quantitative estimate of drug-likeness (QED) is 0.662. The van der Waals surface area contributed by atoms with E-state index in [1.165, 1.54) is 0 Å². The van der Waals surface area contributed by atoms with Crippen molar-refractivity contribution < 1.29 is 19.4 Å². The molecule has 0 radical (unpaired) electrons. The molecule has 6 nitrogen and oxygen atoms in total. The van der Waals surface area contributed by atoms with E-state index in [1.807, 2.05) is 0 Å².